The van der Waals surface area contributed by atoms with Crippen LogP contribution in [0.25, 0.3) is 10.8 Å². The second-order valence-electron chi connectivity index (χ2n) is 6.28. The summed E-state index contributed by atoms with van der Waals surface area (Å²) in [6.45, 7) is 7.00. The maximum Gasteiger partial charge on any atom is 0.270 e. The van der Waals surface area contributed by atoms with Crippen LogP contribution in [0.4, 0.5) is 0 Å². The average Bonchev–Trinajstić information content (AvgIpc) is 2.63. The summed E-state index contributed by atoms with van der Waals surface area (Å²) in [7, 11) is 3.62. The Balaban J connectivity index is 2.11. The van der Waals surface area contributed by atoms with E-state index in [-0.39, 0.29) is 11.5 Å². The summed E-state index contributed by atoms with van der Waals surface area (Å²) in [5, 5.41) is 1.28. The van der Waals surface area contributed by atoms with Crippen LogP contribution in [0.1, 0.15) is 10.5 Å². The van der Waals surface area contributed by atoms with Gasteiger partial charge in [-0.05, 0) is 36.7 Å². The third kappa shape index (κ3) is 3.30. The Morgan fingerprint density at radius 1 is 1.24 bits per heavy atom. The van der Waals surface area contributed by atoms with Gasteiger partial charge < -0.3 is 14.5 Å². The van der Waals surface area contributed by atoms with E-state index in [2.05, 4.69) is 11.5 Å². The van der Waals surface area contributed by atoms with Crippen molar-refractivity contribution in [1.82, 2.24) is 14.4 Å². The molecule has 0 unspecified atom stereocenters. The number of ether oxygens (including phenoxy) is 1. The molecule has 1 aliphatic heterocycles. The molecule has 0 aliphatic carbocycles. The number of nitrogens with zero attached hydrogens (tertiary/aromatic N) is 3. The molecule has 0 radical (unpaired) electrons. The van der Waals surface area contributed by atoms with Crippen LogP contribution in [0.2, 0.25) is 0 Å². The molecule has 1 aromatic carbocycles. The number of aromatic nitrogens is 1. The van der Waals surface area contributed by atoms with Gasteiger partial charge in [0.05, 0.1) is 7.11 Å². The molecule has 1 saturated heterocycles. The molecule has 0 atom stereocenters. The van der Waals surface area contributed by atoms with Crippen molar-refractivity contribution in [3.63, 3.8) is 0 Å². The topological polar surface area (TPSA) is 54.8 Å². The van der Waals surface area contributed by atoms with Crippen LogP contribution in [0, 0.1) is 0 Å². The zero-order valence-corrected chi connectivity index (χ0v) is 14.7. The third-order valence-electron chi connectivity index (χ3n) is 4.64. The van der Waals surface area contributed by atoms with Crippen LogP contribution in [-0.2, 0) is 6.54 Å². The Bertz CT molecular complexity index is 864. The zero-order chi connectivity index (χ0) is 18.0. The molecule has 2 aromatic rings. The summed E-state index contributed by atoms with van der Waals surface area (Å²) < 4.78 is 6.74. The Hall–Kier alpha value is -2.60. The Labute approximate surface area is 146 Å². The van der Waals surface area contributed by atoms with Crippen molar-refractivity contribution in [3.8, 4) is 5.75 Å². The van der Waals surface area contributed by atoms with Crippen LogP contribution < -0.4 is 10.3 Å². The van der Waals surface area contributed by atoms with Crippen molar-refractivity contribution in [1.29, 1.82) is 0 Å². The number of carbonyl (C=O) groups is 1. The Kier molecular flexibility index (Phi) is 4.90. The van der Waals surface area contributed by atoms with Gasteiger partial charge in [0.1, 0.15) is 11.4 Å². The van der Waals surface area contributed by atoms with Crippen LogP contribution >= 0.6 is 0 Å². The molecule has 0 saturated carbocycles. The van der Waals surface area contributed by atoms with Crippen molar-refractivity contribution >= 4 is 16.7 Å². The van der Waals surface area contributed by atoms with Crippen molar-refractivity contribution < 1.29 is 9.53 Å². The van der Waals surface area contributed by atoms with Gasteiger partial charge in [-0.15, -0.1) is 6.58 Å². The monoisotopic (exact) mass is 341 g/mol. The van der Waals surface area contributed by atoms with E-state index in [1.807, 2.05) is 7.05 Å². The molecule has 2 heterocycles. The van der Waals surface area contributed by atoms with Gasteiger partial charge in [-0.1, -0.05) is 6.08 Å². The summed E-state index contributed by atoms with van der Waals surface area (Å²) in [5.41, 5.74) is 0.215. The first-order chi connectivity index (χ1) is 12.0. The van der Waals surface area contributed by atoms with Crippen LogP contribution in [0.3, 0.4) is 0 Å². The predicted octanol–water partition coefficient (Wildman–Crippen LogP) is 1.58. The van der Waals surface area contributed by atoms with E-state index in [1.165, 1.54) is 4.57 Å². The van der Waals surface area contributed by atoms with Crippen molar-refractivity contribution in [2.45, 2.75) is 6.54 Å². The van der Waals surface area contributed by atoms with Gasteiger partial charge >= 0.3 is 0 Å². The fourth-order valence-corrected chi connectivity index (χ4v) is 3.12. The first-order valence-corrected chi connectivity index (χ1v) is 8.35. The Morgan fingerprint density at radius 2 is 1.96 bits per heavy atom. The number of pyridine rings is 1. The molecule has 1 fully saturated rings. The minimum atomic E-state index is -0.183. The number of allylic oxidation sites excluding steroid dienone is 1. The van der Waals surface area contributed by atoms with Crippen molar-refractivity contribution in [2.75, 3.05) is 40.3 Å². The highest BCUT2D eigenvalue weighted by Crippen LogP contribution is 2.20. The molecule has 0 spiro atoms. The minimum absolute atomic E-state index is 0.114. The molecule has 0 bridgehead atoms. The third-order valence-corrected chi connectivity index (χ3v) is 4.64. The summed E-state index contributed by atoms with van der Waals surface area (Å²) in [6, 6.07) is 7.06. The molecular weight excluding hydrogens is 318 g/mol. The highest BCUT2D eigenvalue weighted by Gasteiger charge is 2.23. The van der Waals surface area contributed by atoms with Crippen LogP contribution in [0.15, 0.2) is 41.7 Å². The Morgan fingerprint density at radius 3 is 2.60 bits per heavy atom. The van der Waals surface area contributed by atoms with Gasteiger partial charge in [0, 0.05) is 38.1 Å². The van der Waals surface area contributed by atoms with E-state index in [0.717, 1.165) is 13.1 Å². The number of benzene rings is 1. The first kappa shape index (κ1) is 17.2. The molecule has 1 amide bonds. The van der Waals surface area contributed by atoms with Gasteiger partial charge in [0.15, 0.2) is 0 Å². The number of amides is 1. The molecule has 0 N–H and O–H groups in total. The van der Waals surface area contributed by atoms with Gasteiger partial charge in [-0.25, -0.2) is 0 Å². The largest absolute Gasteiger partial charge is 0.497 e. The summed E-state index contributed by atoms with van der Waals surface area (Å²) in [4.78, 5) is 29.9. The first-order valence-electron chi connectivity index (χ1n) is 8.35. The predicted molar refractivity (Wildman–Crippen MR) is 98.4 cm³/mol. The van der Waals surface area contributed by atoms with Gasteiger partial charge in [-0.3, -0.25) is 14.2 Å². The normalized spacial score (nSPS) is 15.4. The molecule has 1 aliphatic rings. The summed E-state index contributed by atoms with van der Waals surface area (Å²) >= 11 is 0. The van der Waals surface area contributed by atoms with Crippen molar-refractivity contribution in [2.24, 2.45) is 0 Å². The standard InChI is InChI=1S/C19H23N3O3/c1-4-7-22-17(19(24)21-10-8-20(2)9-11-21)13-14-12-15(25-3)5-6-16(14)18(22)23/h4-6,12-13H,1,7-11H2,2-3H3. The molecule has 1 aromatic heterocycles. The molecule has 25 heavy (non-hydrogen) atoms. The number of likely N-dealkylation sites (N-methyl/N-ethyl adjacent to an activating group) is 1. The number of hydrogen-bond acceptors (Lipinski definition) is 4. The van der Waals surface area contributed by atoms with Crippen LogP contribution in [0.5, 0.6) is 5.75 Å². The quantitative estimate of drug-likeness (QED) is 0.793. The zero-order valence-electron chi connectivity index (χ0n) is 14.7. The number of piperazine rings is 1. The number of methoxy groups -OCH3 is 1. The minimum Gasteiger partial charge on any atom is -0.497 e. The van der Waals surface area contributed by atoms with E-state index >= 15 is 0 Å². The van der Waals surface area contributed by atoms with E-state index in [1.54, 1.807) is 42.4 Å². The van der Waals surface area contributed by atoms with E-state index < -0.39 is 0 Å². The fraction of sp³-hybridized carbons (Fsp3) is 0.368. The lowest BCUT2D eigenvalue weighted by molar-refractivity contribution is 0.0652. The SMILES string of the molecule is C=CCn1c(C(=O)N2CCN(C)CC2)cc2cc(OC)ccc2c1=O. The van der Waals surface area contributed by atoms with E-state index in [9.17, 15) is 9.59 Å². The molecule has 6 nitrogen and oxygen atoms in total. The highest BCUT2D eigenvalue weighted by atomic mass is 16.5. The summed E-state index contributed by atoms with van der Waals surface area (Å²) in [6.07, 6.45) is 1.64. The maximum absolute atomic E-state index is 13.0. The fourth-order valence-electron chi connectivity index (χ4n) is 3.12. The molecule has 6 heteroatoms. The number of rotatable bonds is 4. The highest BCUT2D eigenvalue weighted by molar-refractivity contribution is 5.97. The lowest BCUT2D eigenvalue weighted by atomic mass is 10.1. The maximum atomic E-state index is 13.0. The second-order valence-corrected chi connectivity index (χ2v) is 6.28. The number of hydrogen-bond donors (Lipinski definition) is 0. The number of carbonyl (C=O) groups excluding carboxylic acids is 1. The lowest BCUT2D eigenvalue weighted by Gasteiger charge is -2.32. The molecule has 132 valence electrons. The van der Waals surface area contributed by atoms with Crippen LogP contribution in [-0.4, -0.2) is 60.6 Å². The second kappa shape index (κ2) is 7.11. The van der Waals surface area contributed by atoms with E-state index in [4.69, 9.17) is 4.74 Å². The summed E-state index contributed by atoms with van der Waals surface area (Å²) in [5.74, 6) is 0.545. The van der Waals surface area contributed by atoms with Crippen molar-refractivity contribution in [3.05, 3.63) is 53.0 Å². The van der Waals surface area contributed by atoms with Gasteiger partial charge in [0.25, 0.3) is 11.5 Å². The van der Waals surface area contributed by atoms with E-state index in [0.29, 0.717) is 41.9 Å². The van der Waals surface area contributed by atoms with Gasteiger partial charge in [-0.2, -0.15) is 0 Å². The van der Waals surface area contributed by atoms with Gasteiger partial charge in [0.2, 0.25) is 0 Å². The molecule has 3 rings (SSSR count). The smallest absolute Gasteiger partial charge is 0.270 e. The average molecular weight is 341 g/mol. The lowest BCUT2D eigenvalue weighted by Crippen LogP contribution is -2.48. The molecular formula is C19H23N3O3. The number of fused-ring (bicyclic) bond motifs is 1.